The highest BCUT2D eigenvalue weighted by atomic mass is 16.6. The van der Waals surface area contributed by atoms with Crippen molar-refractivity contribution in [2.24, 2.45) is 0 Å². The molecule has 120 valence electrons. The van der Waals surface area contributed by atoms with Crippen LogP contribution < -0.4 is 4.74 Å². The average molecular weight is 326 g/mol. The van der Waals surface area contributed by atoms with Crippen LogP contribution >= 0.6 is 0 Å². The number of aldehydes is 1. The van der Waals surface area contributed by atoms with Gasteiger partial charge < -0.3 is 14.2 Å². The van der Waals surface area contributed by atoms with Crippen LogP contribution in [0, 0.1) is 0 Å². The molecule has 0 aliphatic carbocycles. The van der Waals surface area contributed by atoms with Crippen molar-refractivity contribution >= 4 is 24.2 Å². The van der Waals surface area contributed by atoms with Crippen molar-refractivity contribution in [1.82, 2.24) is 0 Å². The van der Waals surface area contributed by atoms with Crippen LogP contribution in [-0.4, -0.2) is 31.3 Å². The quantitative estimate of drug-likeness (QED) is 0.483. The highest BCUT2D eigenvalue weighted by Crippen LogP contribution is 2.29. The van der Waals surface area contributed by atoms with E-state index >= 15 is 0 Å². The molecular formula is C17H10O7. The molecule has 0 unspecified atom stereocenters. The van der Waals surface area contributed by atoms with Crippen molar-refractivity contribution in [2.75, 3.05) is 7.11 Å². The van der Waals surface area contributed by atoms with Gasteiger partial charge in [0.2, 0.25) is 0 Å². The molecule has 0 N–H and O–H groups in total. The van der Waals surface area contributed by atoms with E-state index < -0.39 is 17.9 Å². The van der Waals surface area contributed by atoms with Crippen molar-refractivity contribution in [3.8, 4) is 11.5 Å². The zero-order chi connectivity index (χ0) is 17.3. The minimum Gasteiger partial charge on any atom is -0.465 e. The summed E-state index contributed by atoms with van der Waals surface area (Å²) in [4.78, 5) is 45.6. The molecule has 1 aliphatic heterocycles. The van der Waals surface area contributed by atoms with Gasteiger partial charge in [-0.2, -0.15) is 0 Å². The number of carbonyl (C=O) groups is 4. The fourth-order valence-electron chi connectivity index (χ4n) is 2.25. The standard InChI is InChI=1S/C17H10O7/c1-22-15(19)13-6-10(3-2-9(13)8-18)23-11-4-5-12-14(7-11)17(21)24-16(12)20/h2-8H,1H3. The van der Waals surface area contributed by atoms with Gasteiger partial charge in [-0.05, 0) is 36.4 Å². The van der Waals surface area contributed by atoms with E-state index in [1.165, 1.54) is 43.5 Å². The first kappa shape index (κ1) is 15.4. The van der Waals surface area contributed by atoms with Crippen molar-refractivity contribution in [3.63, 3.8) is 0 Å². The first-order chi connectivity index (χ1) is 11.5. The first-order valence-electron chi connectivity index (χ1n) is 6.79. The molecule has 0 spiro atoms. The van der Waals surface area contributed by atoms with Gasteiger partial charge in [0.1, 0.15) is 11.5 Å². The van der Waals surface area contributed by atoms with Gasteiger partial charge in [0.15, 0.2) is 6.29 Å². The van der Waals surface area contributed by atoms with Gasteiger partial charge >= 0.3 is 17.9 Å². The van der Waals surface area contributed by atoms with Gasteiger partial charge in [-0.25, -0.2) is 14.4 Å². The lowest BCUT2D eigenvalue weighted by atomic mass is 10.1. The van der Waals surface area contributed by atoms with Crippen LogP contribution in [-0.2, 0) is 9.47 Å². The molecule has 0 amide bonds. The number of fused-ring (bicyclic) bond motifs is 1. The van der Waals surface area contributed by atoms with E-state index in [0.717, 1.165) is 0 Å². The third-order valence-corrected chi connectivity index (χ3v) is 3.41. The number of methoxy groups -OCH3 is 1. The molecule has 0 bridgehead atoms. The third kappa shape index (κ3) is 2.63. The first-order valence-corrected chi connectivity index (χ1v) is 6.79. The molecule has 0 radical (unpaired) electrons. The van der Waals surface area contributed by atoms with Crippen molar-refractivity contribution in [2.45, 2.75) is 0 Å². The normalized spacial score (nSPS) is 12.4. The van der Waals surface area contributed by atoms with Gasteiger partial charge in [-0.15, -0.1) is 0 Å². The Balaban J connectivity index is 1.93. The lowest BCUT2D eigenvalue weighted by Crippen LogP contribution is -2.05. The molecule has 7 heteroatoms. The van der Waals surface area contributed by atoms with Crippen molar-refractivity contribution in [1.29, 1.82) is 0 Å². The number of hydrogen-bond acceptors (Lipinski definition) is 7. The average Bonchev–Trinajstić information content (AvgIpc) is 2.88. The summed E-state index contributed by atoms with van der Waals surface area (Å²) in [6, 6.07) is 8.54. The summed E-state index contributed by atoms with van der Waals surface area (Å²) in [5.74, 6) is -1.59. The Kier molecular flexibility index (Phi) is 3.83. The molecule has 2 aromatic rings. The summed E-state index contributed by atoms with van der Waals surface area (Å²) < 4.78 is 14.7. The van der Waals surface area contributed by atoms with Crippen LogP contribution in [0.5, 0.6) is 11.5 Å². The maximum Gasteiger partial charge on any atom is 0.347 e. The Hall–Kier alpha value is -3.48. The molecule has 0 saturated carbocycles. The summed E-state index contributed by atoms with van der Waals surface area (Å²) in [5.41, 5.74) is 0.493. The van der Waals surface area contributed by atoms with Crippen LogP contribution in [0.2, 0.25) is 0 Å². The monoisotopic (exact) mass is 326 g/mol. The predicted octanol–water partition coefficient (Wildman–Crippen LogP) is 2.39. The highest BCUT2D eigenvalue weighted by Gasteiger charge is 2.30. The SMILES string of the molecule is COC(=O)c1cc(Oc2ccc3c(c2)C(=O)OC3=O)ccc1C=O. The van der Waals surface area contributed by atoms with Crippen LogP contribution in [0.15, 0.2) is 36.4 Å². The summed E-state index contributed by atoms with van der Waals surface area (Å²) in [6.45, 7) is 0. The molecule has 0 fully saturated rings. The fourth-order valence-corrected chi connectivity index (χ4v) is 2.25. The number of benzene rings is 2. The minimum absolute atomic E-state index is 0.0562. The lowest BCUT2D eigenvalue weighted by molar-refractivity contribution is 0.0442. The molecule has 2 aromatic carbocycles. The Labute approximate surface area is 135 Å². The van der Waals surface area contributed by atoms with Crippen LogP contribution in [0.3, 0.4) is 0 Å². The largest absolute Gasteiger partial charge is 0.465 e. The zero-order valence-corrected chi connectivity index (χ0v) is 12.4. The van der Waals surface area contributed by atoms with Gasteiger partial charge in [0, 0.05) is 5.56 Å². The third-order valence-electron chi connectivity index (χ3n) is 3.41. The predicted molar refractivity (Wildman–Crippen MR) is 79.4 cm³/mol. The topological polar surface area (TPSA) is 96.0 Å². The van der Waals surface area contributed by atoms with Crippen LogP contribution in [0.4, 0.5) is 0 Å². The molecule has 3 rings (SSSR count). The number of esters is 3. The number of cyclic esters (lactones) is 2. The van der Waals surface area contributed by atoms with Crippen LogP contribution in [0.1, 0.15) is 41.4 Å². The summed E-state index contributed by atoms with van der Waals surface area (Å²) in [6.07, 6.45) is 0.535. The highest BCUT2D eigenvalue weighted by molar-refractivity contribution is 6.14. The molecule has 0 aromatic heterocycles. The molecule has 1 heterocycles. The Morgan fingerprint density at radius 2 is 1.67 bits per heavy atom. The second kappa shape index (κ2) is 5.96. The summed E-state index contributed by atoms with van der Waals surface area (Å²) in [7, 11) is 1.20. The van der Waals surface area contributed by atoms with E-state index in [2.05, 4.69) is 9.47 Å². The molecule has 7 nitrogen and oxygen atoms in total. The molecule has 24 heavy (non-hydrogen) atoms. The van der Waals surface area contributed by atoms with E-state index in [9.17, 15) is 19.2 Å². The number of ether oxygens (including phenoxy) is 3. The van der Waals surface area contributed by atoms with Crippen molar-refractivity contribution in [3.05, 3.63) is 58.7 Å². The second-order valence-electron chi connectivity index (χ2n) is 4.84. The molecule has 0 saturated heterocycles. The maximum absolute atomic E-state index is 11.7. The maximum atomic E-state index is 11.7. The Bertz CT molecular complexity index is 883. The summed E-state index contributed by atoms with van der Waals surface area (Å²) >= 11 is 0. The lowest BCUT2D eigenvalue weighted by Gasteiger charge is -2.09. The van der Waals surface area contributed by atoms with Gasteiger partial charge in [-0.3, -0.25) is 4.79 Å². The number of rotatable bonds is 4. The van der Waals surface area contributed by atoms with E-state index in [4.69, 9.17) is 4.74 Å². The van der Waals surface area contributed by atoms with E-state index in [1.807, 2.05) is 0 Å². The number of carbonyl (C=O) groups excluding carboxylic acids is 4. The van der Waals surface area contributed by atoms with E-state index in [1.54, 1.807) is 0 Å². The van der Waals surface area contributed by atoms with Gasteiger partial charge in [0.25, 0.3) is 0 Å². The zero-order valence-electron chi connectivity index (χ0n) is 12.4. The smallest absolute Gasteiger partial charge is 0.347 e. The van der Waals surface area contributed by atoms with E-state index in [0.29, 0.717) is 6.29 Å². The molecular weight excluding hydrogens is 316 g/mol. The second-order valence-corrected chi connectivity index (χ2v) is 4.84. The number of hydrogen-bond donors (Lipinski definition) is 0. The Morgan fingerprint density at radius 3 is 2.38 bits per heavy atom. The van der Waals surface area contributed by atoms with E-state index in [-0.39, 0.29) is 33.8 Å². The Morgan fingerprint density at radius 1 is 1.00 bits per heavy atom. The van der Waals surface area contributed by atoms with Gasteiger partial charge in [0.05, 0.1) is 23.8 Å². The summed E-state index contributed by atoms with van der Waals surface area (Å²) in [5, 5.41) is 0. The van der Waals surface area contributed by atoms with Gasteiger partial charge in [-0.1, -0.05) is 0 Å². The van der Waals surface area contributed by atoms with Crippen molar-refractivity contribution < 1.29 is 33.4 Å². The molecule has 0 atom stereocenters. The fraction of sp³-hybridized carbons (Fsp3) is 0.0588. The molecule has 1 aliphatic rings. The van der Waals surface area contributed by atoms with Crippen LogP contribution in [0.25, 0.3) is 0 Å². The minimum atomic E-state index is -0.744.